The standard InChI is InChI=1S/C18H17ClF2/c1-11-2-5-13(10-12-3-6-14(19)7-4-12)18-16(21)9-8-15(20)17(11)18/h3-4,6-9,11,13H,2,5,10H2,1H3. The third kappa shape index (κ3) is 2.82. The maximum absolute atomic E-state index is 14.3. The molecule has 0 heterocycles. The van der Waals surface area contributed by atoms with Crippen LogP contribution in [0.15, 0.2) is 36.4 Å². The van der Waals surface area contributed by atoms with Crippen molar-refractivity contribution in [2.75, 3.05) is 0 Å². The van der Waals surface area contributed by atoms with Crippen LogP contribution in [0.4, 0.5) is 8.78 Å². The van der Waals surface area contributed by atoms with E-state index < -0.39 is 0 Å². The van der Waals surface area contributed by atoms with Crippen molar-refractivity contribution >= 4 is 11.6 Å². The van der Waals surface area contributed by atoms with Gasteiger partial charge in [-0.05, 0) is 72.1 Å². The molecule has 0 aliphatic heterocycles. The third-order valence-corrected chi connectivity index (χ3v) is 4.68. The Labute approximate surface area is 128 Å². The first-order valence-corrected chi connectivity index (χ1v) is 7.66. The van der Waals surface area contributed by atoms with Gasteiger partial charge in [-0.3, -0.25) is 0 Å². The van der Waals surface area contributed by atoms with Crippen molar-refractivity contribution in [3.63, 3.8) is 0 Å². The second kappa shape index (κ2) is 5.76. The summed E-state index contributed by atoms with van der Waals surface area (Å²) in [7, 11) is 0. The van der Waals surface area contributed by atoms with E-state index in [-0.39, 0.29) is 23.5 Å². The van der Waals surface area contributed by atoms with Crippen molar-refractivity contribution in [3.8, 4) is 0 Å². The fourth-order valence-electron chi connectivity index (χ4n) is 3.35. The Hall–Kier alpha value is -1.41. The molecular weight excluding hydrogens is 290 g/mol. The Morgan fingerprint density at radius 2 is 1.57 bits per heavy atom. The lowest BCUT2D eigenvalue weighted by Gasteiger charge is -2.30. The number of hydrogen-bond acceptors (Lipinski definition) is 0. The first-order valence-electron chi connectivity index (χ1n) is 7.28. The lowest BCUT2D eigenvalue weighted by atomic mass is 9.74. The number of rotatable bonds is 2. The van der Waals surface area contributed by atoms with E-state index in [1.54, 1.807) is 0 Å². The first-order chi connectivity index (χ1) is 10.1. The molecule has 2 unspecified atom stereocenters. The average molecular weight is 307 g/mol. The summed E-state index contributed by atoms with van der Waals surface area (Å²) in [5.74, 6) is -0.443. The smallest absolute Gasteiger partial charge is 0.127 e. The van der Waals surface area contributed by atoms with E-state index in [0.717, 1.165) is 24.8 Å². The molecule has 0 aromatic heterocycles. The molecule has 0 saturated carbocycles. The van der Waals surface area contributed by atoms with E-state index in [9.17, 15) is 8.78 Å². The molecule has 1 aliphatic carbocycles. The Morgan fingerprint density at radius 1 is 0.952 bits per heavy atom. The van der Waals surface area contributed by atoms with Crippen LogP contribution < -0.4 is 0 Å². The van der Waals surface area contributed by atoms with Crippen LogP contribution in [0.1, 0.15) is 48.3 Å². The van der Waals surface area contributed by atoms with Gasteiger partial charge in [-0.1, -0.05) is 30.7 Å². The Morgan fingerprint density at radius 3 is 2.24 bits per heavy atom. The predicted molar refractivity (Wildman–Crippen MR) is 81.9 cm³/mol. The van der Waals surface area contributed by atoms with Crippen molar-refractivity contribution in [2.24, 2.45) is 0 Å². The van der Waals surface area contributed by atoms with Crippen LogP contribution in [0.2, 0.25) is 5.02 Å². The molecule has 0 spiro atoms. The number of hydrogen-bond donors (Lipinski definition) is 0. The Bertz CT molecular complexity index is 649. The van der Waals surface area contributed by atoms with Gasteiger partial charge in [0.15, 0.2) is 0 Å². The molecule has 21 heavy (non-hydrogen) atoms. The predicted octanol–water partition coefficient (Wildman–Crippen LogP) is 5.84. The molecule has 1 aliphatic rings. The largest absolute Gasteiger partial charge is 0.207 e. The molecule has 0 amide bonds. The topological polar surface area (TPSA) is 0 Å². The van der Waals surface area contributed by atoms with Gasteiger partial charge in [-0.2, -0.15) is 0 Å². The van der Waals surface area contributed by atoms with Gasteiger partial charge in [0.1, 0.15) is 11.6 Å². The molecule has 0 N–H and O–H groups in total. The zero-order valence-corrected chi connectivity index (χ0v) is 12.6. The summed E-state index contributed by atoms with van der Waals surface area (Å²) in [6.45, 7) is 1.97. The van der Waals surface area contributed by atoms with Crippen LogP contribution in [0, 0.1) is 11.6 Å². The van der Waals surface area contributed by atoms with Gasteiger partial charge < -0.3 is 0 Å². The summed E-state index contributed by atoms with van der Waals surface area (Å²) in [5, 5.41) is 0.689. The van der Waals surface area contributed by atoms with Crippen LogP contribution in [0.3, 0.4) is 0 Å². The van der Waals surface area contributed by atoms with Gasteiger partial charge in [-0.15, -0.1) is 0 Å². The molecule has 0 saturated heterocycles. The maximum atomic E-state index is 14.3. The van der Waals surface area contributed by atoms with E-state index in [0.29, 0.717) is 16.1 Å². The number of fused-ring (bicyclic) bond motifs is 1. The molecular formula is C18H17ClF2. The van der Waals surface area contributed by atoms with E-state index in [2.05, 4.69) is 0 Å². The van der Waals surface area contributed by atoms with Crippen molar-refractivity contribution in [1.82, 2.24) is 0 Å². The molecule has 0 fully saturated rings. The van der Waals surface area contributed by atoms with Crippen LogP contribution in [-0.2, 0) is 6.42 Å². The normalized spacial score (nSPS) is 21.1. The lowest BCUT2D eigenvalue weighted by molar-refractivity contribution is 0.448. The monoisotopic (exact) mass is 306 g/mol. The van der Waals surface area contributed by atoms with Crippen molar-refractivity contribution in [1.29, 1.82) is 0 Å². The molecule has 2 atom stereocenters. The van der Waals surface area contributed by atoms with Crippen LogP contribution >= 0.6 is 11.6 Å². The third-order valence-electron chi connectivity index (χ3n) is 4.43. The maximum Gasteiger partial charge on any atom is 0.127 e. The molecule has 3 heteroatoms. The fourth-order valence-corrected chi connectivity index (χ4v) is 3.47. The highest BCUT2D eigenvalue weighted by Crippen LogP contribution is 2.42. The van der Waals surface area contributed by atoms with Gasteiger partial charge in [-0.25, -0.2) is 8.78 Å². The molecule has 2 aromatic carbocycles. The van der Waals surface area contributed by atoms with Crippen molar-refractivity contribution in [3.05, 3.63) is 69.7 Å². The van der Waals surface area contributed by atoms with Crippen LogP contribution in [0.5, 0.6) is 0 Å². The number of benzene rings is 2. The van der Waals surface area contributed by atoms with Gasteiger partial charge in [0.05, 0.1) is 0 Å². The first kappa shape index (κ1) is 14.5. The average Bonchev–Trinajstić information content (AvgIpc) is 2.47. The lowest BCUT2D eigenvalue weighted by Crippen LogP contribution is -2.18. The van der Waals surface area contributed by atoms with Gasteiger partial charge in [0.25, 0.3) is 0 Å². The summed E-state index contributed by atoms with van der Waals surface area (Å²) in [4.78, 5) is 0. The minimum absolute atomic E-state index is 0.0353. The van der Waals surface area contributed by atoms with Gasteiger partial charge in [0, 0.05) is 5.02 Å². The fraction of sp³-hybridized carbons (Fsp3) is 0.333. The van der Waals surface area contributed by atoms with E-state index in [4.69, 9.17) is 11.6 Å². The molecule has 110 valence electrons. The highest BCUT2D eigenvalue weighted by atomic mass is 35.5. The minimum atomic E-state index is -0.281. The van der Waals surface area contributed by atoms with E-state index in [1.165, 1.54) is 12.1 Å². The molecule has 3 rings (SSSR count). The molecule has 2 aromatic rings. The summed E-state index contributed by atoms with van der Waals surface area (Å²) in [5.41, 5.74) is 2.25. The van der Waals surface area contributed by atoms with Crippen LogP contribution in [-0.4, -0.2) is 0 Å². The van der Waals surface area contributed by atoms with E-state index in [1.807, 2.05) is 31.2 Å². The zero-order valence-electron chi connectivity index (χ0n) is 11.9. The summed E-state index contributed by atoms with van der Waals surface area (Å²) < 4.78 is 28.3. The highest BCUT2D eigenvalue weighted by molar-refractivity contribution is 6.30. The second-order valence-electron chi connectivity index (χ2n) is 5.86. The summed E-state index contributed by atoms with van der Waals surface area (Å²) >= 11 is 5.89. The molecule has 0 nitrogen and oxygen atoms in total. The van der Waals surface area contributed by atoms with Crippen LogP contribution in [0.25, 0.3) is 0 Å². The highest BCUT2D eigenvalue weighted by Gasteiger charge is 2.30. The zero-order chi connectivity index (χ0) is 15.0. The number of halogens is 3. The Balaban J connectivity index is 1.97. The van der Waals surface area contributed by atoms with Crippen molar-refractivity contribution in [2.45, 2.75) is 38.0 Å². The molecule has 0 bridgehead atoms. The second-order valence-corrected chi connectivity index (χ2v) is 6.30. The quantitative estimate of drug-likeness (QED) is 0.653. The molecule has 0 radical (unpaired) electrons. The van der Waals surface area contributed by atoms with Gasteiger partial charge >= 0.3 is 0 Å². The Kier molecular flexibility index (Phi) is 3.99. The van der Waals surface area contributed by atoms with Crippen molar-refractivity contribution < 1.29 is 8.78 Å². The minimum Gasteiger partial charge on any atom is -0.207 e. The summed E-state index contributed by atoms with van der Waals surface area (Å²) in [6.07, 6.45) is 2.50. The SMILES string of the molecule is CC1CCC(Cc2ccc(Cl)cc2)c2c(F)ccc(F)c21. The van der Waals surface area contributed by atoms with E-state index >= 15 is 0 Å². The summed E-state index contributed by atoms with van der Waals surface area (Å²) in [6, 6.07) is 10.1. The van der Waals surface area contributed by atoms with Gasteiger partial charge in [0.2, 0.25) is 0 Å².